The minimum absolute atomic E-state index is 0.140. The second kappa shape index (κ2) is 8.24. The van der Waals surface area contributed by atoms with Crippen LogP contribution in [0.2, 0.25) is 5.02 Å². The van der Waals surface area contributed by atoms with E-state index in [2.05, 4.69) is 10.2 Å². The number of hydrogen-bond acceptors (Lipinski definition) is 3. The maximum absolute atomic E-state index is 12.4. The van der Waals surface area contributed by atoms with Crippen LogP contribution in [0, 0.1) is 5.92 Å². The molecule has 1 saturated heterocycles. The zero-order chi connectivity index (χ0) is 17.7. The Labute approximate surface area is 147 Å². The van der Waals surface area contributed by atoms with Crippen molar-refractivity contribution in [3.63, 3.8) is 0 Å². The van der Waals surface area contributed by atoms with E-state index < -0.39 is 11.9 Å². The molecule has 0 radical (unpaired) electrons. The number of urea groups is 1. The van der Waals surface area contributed by atoms with Crippen LogP contribution in [-0.2, 0) is 4.79 Å². The number of nitrogens with zero attached hydrogens (tertiary/aromatic N) is 2. The third-order valence-electron chi connectivity index (χ3n) is 4.21. The lowest BCUT2D eigenvalue weighted by Crippen LogP contribution is -2.37. The number of aliphatic carboxylic acids is 1. The number of halogens is 1. The summed E-state index contributed by atoms with van der Waals surface area (Å²) in [7, 11) is 1.58. The molecule has 0 bridgehead atoms. The second-order valence-electron chi connectivity index (χ2n) is 6.26. The number of benzene rings is 1. The standard InChI is InChI=1S/C17H24ClN3O3/c1-12(16(22)23)11-20(2)17(24)19-14-10-13(18)6-7-15(14)21-8-4-3-5-9-21/h6-7,10,12H,3-5,8-9,11H2,1-2H3,(H,19,24)(H,22,23). The molecule has 0 aromatic heterocycles. The lowest BCUT2D eigenvalue weighted by atomic mass is 10.1. The highest BCUT2D eigenvalue weighted by Gasteiger charge is 2.20. The predicted molar refractivity (Wildman–Crippen MR) is 96.0 cm³/mol. The molecule has 132 valence electrons. The minimum atomic E-state index is -0.925. The van der Waals surface area contributed by atoms with E-state index in [1.165, 1.54) is 11.3 Å². The fraction of sp³-hybridized carbons (Fsp3) is 0.529. The van der Waals surface area contributed by atoms with Gasteiger partial charge in [-0.1, -0.05) is 18.5 Å². The molecule has 0 saturated carbocycles. The number of rotatable bonds is 5. The van der Waals surface area contributed by atoms with Gasteiger partial charge in [-0.05, 0) is 37.5 Å². The molecular formula is C17H24ClN3O3. The first kappa shape index (κ1) is 18.4. The Morgan fingerprint density at radius 1 is 1.33 bits per heavy atom. The number of amides is 2. The summed E-state index contributed by atoms with van der Waals surface area (Å²) < 4.78 is 0. The van der Waals surface area contributed by atoms with Crippen LogP contribution in [0.3, 0.4) is 0 Å². The van der Waals surface area contributed by atoms with E-state index in [0.29, 0.717) is 10.7 Å². The van der Waals surface area contributed by atoms with Gasteiger partial charge >= 0.3 is 12.0 Å². The summed E-state index contributed by atoms with van der Waals surface area (Å²) >= 11 is 6.08. The third kappa shape index (κ3) is 4.77. The lowest BCUT2D eigenvalue weighted by molar-refractivity contribution is -0.141. The van der Waals surface area contributed by atoms with Gasteiger partial charge in [0.2, 0.25) is 0 Å². The monoisotopic (exact) mass is 353 g/mol. The van der Waals surface area contributed by atoms with Gasteiger partial charge < -0.3 is 20.2 Å². The molecule has 0 spiro atoms. The largest absolute Gasteiger partial charge is 0.481 e. The molecule has 24 heavy (non-hydrogen) atoms. The first-order valence-electron chi connectivity index (χ1n) is 8.18. The molecule has 0 aliphatic carbocycles. The maximum Gasteiger partial charge on any atom is 0.321 e. The highest BCUT2D eigenvalue weighted by atomic mass is 35.5. The van der Waals surface area contributed by atoms with Gasteiger partial charge in [-0.2, -0.15) is 0 Å². The van der Waals surface area contributed by atoms with Gasteiger partial charge in [0.1, 0.15) is 0 Å². The second-order valence-corrected chi connectivity index (χ2v) is 6.70. The maximum atomic E-state index is 12.4. The van der Waals surface area contributed by atoms with Crippen molar-refractivity contribution in [2.24, 2.45) is 5.92 Å². The number of carboxylic acids is 1. The zero-order valence-corrected chi connectivity index (χ0v) is 14.8. The Bertz CT molecular complexity index is 603. The van der Waals surface area contributed by atoms with Gasteiger partial charge in [0, 0.05) is 31.7 Å². The molecule has 2 rings (SSSR count). The van der Waals surface area contributed by atoms with E-state index in [0.717, 1.165) is 31.6 Å². The average Bonchev–Trinajstić information content (AvgIpc) is 2.55. The van der Waals surface area contributed by atoms with E-state index in [1.54, 1.807) is 20.0 Å². The summed E-state index contributed by atoms with van der Waals surface area (Å²) in [6.07, 6.45) is 3.49. The third-order valence-corrected chi connectivity index (χ3v) is 4.45. The van der Waals surface area contributed by atoms with Crippen LogP contribution < -0.4 is 10.2 Å². The number of carbonyl (C=O) groups is 2. The van der Waals surface area contributed by atoms with E-state index in [9.17, 15) is 9.59 Å². The number of nitrogens with one attached hydrogen (secondary N) is 1. The van der Waals surface area contributed by atoms with Crippen molar-refractivity contribution in [3.05, 3.63) is 23.2 Å². The van der Waals surface area contributed by atoms with Gasteiger partial charge in [0.25, 0.3) is 0 Å². The molecule has 1 aliphatic heterocycles. The molecule has 1 unspecified atom stereocenters. The van der Waals surface area contributed by atoms with E-state index >= 15 is 0 Å². The molecule has 1 aromatic rings. The van der Waals surface area contributed by atoms with Crippen molar-refractivity contribution in [1.29, 1.82) is 0 Å². The molecule has 2 N–H and O–H groups in total. The number of anilines is 2. The van der Waals surface area contributed by atoms with E-state index in [4.69, 9.17) is 16.7 Å². The van der Waals surface area contributed by atoms with Crippen molar-refractivity contribution in [2.75, 3.05) is 36.9 Å². The molecule has 7 heteroatoms. The van der Waals surface area contributed by atoms with Crippen LogP contribution in [0.1, 0.15) is 26.2 Å². The van der Waals surface area contributed by atoms with Crippen molar-refractivity contribution in [3.8, 4) is 0 Å². The molecular weight excluding hydrogens is 330 g/mol. The van der Waals surface area contributed by atoms with E-state index in [-0.39, 0.29) is 12.6 Å². The average molecular weight is 354 g/mol. The number of hydrogen-bond donors (Lipinski definition) is 2. The first-order chi connectivity index (χ1) is 11.4. The van der Waals surface area contributed by atoms with Gasteiger partial charge in [-0.15, -0.1) is 0 Å². The number of carboxylic acid groups (broad SMARTS) is 1. The highest BCUT2D eigenvalue weighted by Crippen LogP contribution is 2.31. The Morgan fingerprint density at radius 3 is 2.62 bits per heavy atom. The summed E-state index contributed by atoms with van der Waals surface area (Å²) in [5.41, 5.74) is 1.61. The topological polar surface area (TPSA) is 72.9 Å². The Balaban J connectivity index is 2.11. The van der Waals surface area contributed by atoms with Crippen LogP contribution in [0.15, 0.2) is 18.2 Å². The Morgan fingerprint density at radius 2 is 2.00 bits per heavy atom. The molecule has 2 amide bonds. The smallest absolute Gasteiger partial charge is 0.321 e. The number of carbonyl (C=O) groups excluding carboxylic acids is 1. The van der Waals surface area contributed by atoms with Gasteiger partial charge in [0.05, 0.1) is 17.3 Å². The van der Waals surface area contributed by atoms with Crippen molar-refractivity contribution >= 4 is 35.0 Å². The summed E-state index contributed by atoms with van der Waals surface area (Å²) in [6, 6.07) is 5.13. The van der Waals surface area contributed by atoms with Crippen molar-refractivity contribution in [1.82, 2.24) is 4.90 Å². The molecule has 1 atom stereocenters. The van der Waals surface area contributed by atoms with Crippen LogP contribution >= 0.6 is 11.6 Å². The van der Waals surface area contributed by atoms with Crippen LogP contribution in [0.4, 0.5) is 16.2 Å². The van der Waals surface area contributed by atoms with Crippen molar-refractivity contribution in [2.45, 2.75) is 26.2 Å². The van der Waals surface area contributed by atoms with Crippen LogP contribution in [0.5, 0.6) is 0 Å². The Hall–Kier alpha value is -1.95. The van der Waals surface area contributed by atoms with Crippen LogP contribution in [-0.4, -0.2) is 48.7 Å². The summed E-state index contributed by atoms with van der Waals surface area (Å²) in [5, 5.41) is 12.4. The summed E-state index contributed by atoms with van der Waals surface area (Å²) in [6.45, 7) is 3.62. The first-order valence-corrected chi connectivity index (χ1v) is 8.55. The summed E-state index contributed by atoms with van der Waals surface area (Å²) in [4.78, 5) is 26.9. The predicted octanol–water partition coefficient (Wildman–Crippen LogP) is 3.51. The number of piperidine rings is 1. The quantitative estimate of drug-likeness (QED) is 0.849. The van der Waals surface area contributed by atoms with Gasteiger partial charge in [-0.3, -0.25) is 4.79 Å². The van der Waals surface area contributed by atoms with Gasteiger partial charge in [-0.25, -0.2) is 4.79 Å². The lowest BCUT2D eigenvalue weighted by Gasteiger charge is -2.31. The summed E-state index contributed by atoms with van der Waals surface area (Å²) in [5.74, 6) is -1.55. The molecule has 1 aromatic carbocycles. The molecule has 1 heterocycles. The SMILES string of the molecule is CC(CN(C)C(=O)Nc1cc(Cl)ccc1N1CCCCC1)C(=O)O. The van der Waals surface area contributed by atoms with Gasteiger partial charge in [0.15, 0.2) is 0 Å². The zero-order valence-electron chi connectivity index (χ0n) is 14.1. The Kier molecular flexibility index (Phi) is 6.31. The molecule has 1 aliphatic rings. The van der Waals surface area contributed by atoms with E-state index in [1.807, 2.05) is 12.1 Å². The fourth-order valence-electron chi connectivity index (χ4n) is 2.80. The fourth-order valence-corrected chi connectivity index (χ4v) is 2.97. The van der Waals surface area contributed by atoms with Crippen LogP contribution in [0.25, 0.3) is 0 Å². The molecule has 6 nitrogen and oxygen atoms in total. The minimum Gasteiger partial charge on any atom is -0.481 e. The highest BCUT2D eigenvalue weighted by molar-refractivity contribution is 6.31. The normalized spacial score (nSPS) is 15.7. The molecule has 1 fully saturated rings. The van der Waals surface area contributed by atoms with Crippen molar-refractivity contribution < 1.29 is 14.7 Å².